The van der Waals surface area contributed by atoms with E-state index < -0.39 is 0 Å². The van der Waals surface area contributed by atoms with Gasteiger partial charge in [-0.25, -0.2) is 4.79 Å². The lowest BCUT2D eigenvalue weighted by atomic mass is 10.2. The summed E-state index contributed by atoms with van der Waals surface area (Å²) in [5, 5.41) is 6.04. The van der Waals surface area contributed by atoms with Gasteiger partial charge in [-0.15, -0.1) is 0 Å². The van der Waals surface area contributed by atoms with Crippen molar-refractivity contribution in [3.05, 3.63) is 54.1 Å². The molecular formula is C21H26N4O3. The van der Waals surface area contributed by atoms with Crippen molar-refractivity contribution in [1.82, 2.24) is 10.2 Å². The van der Waals surface area contributed by atoms with Gasteiger partial charge < -0.3 is 26.0 Å². The van der Waals surface area contributed by atoms with E-state index in [1.54, 1.807) is 53.4 Å². The number of benzene rings is 2. The second-order valence-corrected chi connectivity index (χ2v) is 7.08. The Bertz CT molecular complexity index is 830. The molecule has 2 amide bonds. The van der Waals surface area contributed by atoms with Crippen LogP contribution in [0.2, 0.25) is 0 Å². The minimum Gasteiger partial charge on any atom is -0.410 e. The number of anilines is 2. The van der Waals surface area contributed by atoms with Crippen molar-refractivity contribution in [3.63, 3.8) is 0 Å². The van der Waals surface area contributed by atoms with Gasteiger partial charge in [-0.3, -0.25) is 4.79 Å². The van der Waals surface area contributed by atoms with Gasteiger partial charge in [0.2, 0.25) is 0 Å². The number of rotatable bonds is 5. The van der Waals surface area contributed by atoms with E-state index in [0.29, 0.717) is 22.7 Å². The molecule has 7 nitrogen and oxygen atoms in total. The van der Waals surface area contributed by atoms with Crippen LogP contribution in [0, 0.1) is 0 Å². The normalized spacial score (nSPS) is 16.0. The summed E-state index contributed by atoms with van der Waals surface area (Å²) in [5.41, 5.74) is 7.35. The van der Waals surface area contributed by atoms with Crippen LogP contribution in [-0.4, -0.2) is 42.1 Å². The van der Waals surface area contributed by atoms with Gasteiger partial charge >= 0.3 is 6.09 Å². The lowest BCUT2D eigenvalue weighted by molar-refractivity contribution is 0.102. The Morgan fingerprint density at radius 1 is 1.18 bits per heavy atom. The lowest BCUT2D eigenvalue weighted by Crippen LogP contribution is -2.47. The van der Waals surface area contributed by atoms with E-state index in [4.69, 9.17) is 10.5 Å². The number of hydrogen-bond donors (Lipinski definition) is 3. The quantitative estimate of drug-likeness (QED) is 0.691. The molecule has 1 fully saturated rings. The van der Waals surface area contributed by atoms with Gasteiger partial charge in [0.25, 0.3) is 5.91 Å². The molecule has 0 spiro atoms. The van der Waals surface area contributed by atoms with Crippen LogP contribution in [0.1, 0.15) is 30.6 Å². The molecule has 2 aromatic carbocycles. The molecule has 1 heterocycles. The minimum atomic E-state index is -0.377. The van der Waals surface area contributed by atoms with Crippen molar-refractivity contribution in [2.45, 2.75) is 32.4 Å². The third kappa shape index (κ3) is 4.61. The molecule has 0 saturated carbocycles. The van der Waals surface area contributed by atoms with Crippen LogP contribution in [0.25, 0.3) is 0 Å². The number of nitrogen functional groups attached to an aromatic ring is 1. The largest absolute Gasteiger partial charge is 0.415 e. The first-order valence-electron chi connectivity index (χ1n) is 9.42. The summed E-state index contributed by atoms with van der Waals surface area (Å²) in [6.45, 7) is 5.62. The molecule has 0 radical (unpaired) electrons. The Morgan fingerprint density at radius 3 is 2.50 bits per heavy atom. The number of nitrogens with zero attached hydrogens (tertiary/aromatic N) is 1. The Labute approximate surface area is 164 Å². The zero-order chi connectivity index (χ0) is 20.1. The third-order valence-corrected chi connectivity index (χ3v) is 4.73. The maximum Gasteiger partial charge on any atom is 0.415 e. The van der Waals surface area contributed by atoms with Crippen LogP contribution in [0.15, 0.2) is 48.5 Å². The Hall–Kier alpha value is -3.06. The summed E-state index contributed by atoms with van der Waals surface area (Å²) >= 11 is 0. The average Bonchev–Trinajstić information content (AvgIpc) is 3.18. The van der Waals surface area contributed by atoms with Gasteiger partial charge in [0.05, 0.1) is 11.4 Å². The Morgan fingerprint density at radius 2 is 1.89 bits per heavy atom. The van der Waals surface area contributed by atoms with E-state index in [1.807, 2.05) is 13.8 Å². The summed E-state index contributed by atoms with van der Waals surface area (Å²) < 4.78 is 5.53. The molecule has 28 heavy (non-hydrogen) atoms. The van der Waals surface area contributed by atoms with Gasteiger partial charge in [0.15, 0.2) is 0 Å². The molecule has 0 aromatic heterocycles. The fourth-order valence-corrected chi connectivity index (χ4v) is 3.29. The van der Waals surface area contributed by atoms with Gasteiger partial charge in [-0.2, -0.15) is 0 Å². The molecule has 0 aliphatic carbocycles. The van der Waals surface area contributed by atoms with Crippen molar-refractivity contribution >= 4 is 23.4 Å². The maximum absolute atomic E-state index is 12.6. The number of amides is 2. The standard InChI is InChI=1S/C21H26N4O3/c1-14(2)25(16-11-12-23-13-16)21(27)28-17-9-7-15(8-10-17)20(26)24-19-6-4-3-5-18(19)22/h3-10,14,16,23H,11-13,22H2,1-2H3,(H,24,26). The number of nitrogens with two attached hydrogens (primary N) is 1. The SMILES string of the molecule is CC(C)N(C(=O)Oc1ccc(C(=O)Nc2ccccc2N)cc1)C1CCNC1. The van der Waals surface area contributed by atoms with Gasteiger partial charge in [-0.1, -0.05) is 12.1 Å². The fraction of sp³-hybridized carbons (Fsp3) is 0.333. The number of ether oxygens (including phenoxy) is 1. The van der Waals surface area contributed by atoms with Crippen LogP contribution in [-0.2, 0) is 0 Å². The summed E-state index contributed by atoms with van der Waals surface area (Å²) in [6.07, 6.45) is 0.535. The zero-order valence-electron chi connectivity index (χ0n) is 16.1. The van der Waals surface area contributed by atoms with Crippen molar-refractivity contribution in [2.75, 3.05) is 24.1 Å². The molecule has 3 rings (SSSR count). The summed E-state index contributed by atoms with van der Waals surface area (Å²) in [7, 11) is 0. The molecule has 1 aliphatic heterocycles. The van der Waals surface area contributed by atoms with E-state index in [1.165, 1.54) is 0 Å². The van der Waals surface area contributed by atoms with E-state index in [-0.39, 0.29) is 24.1 Å². The smallest absolute Gasteiger partial charge is 0.410 e. The predicted molar refractivity (Wildman–Crippen MR) is 110 cm³/mol. The molecule has 1 atom stereocenters. The highest BCUT2D eigenvalue weighted by Gasteiger charge is 2.30. The van der Waals surface area contributed by atoms with Crippen molar-refractivity contribution < 1.29 is 14.3 Å². The number of carbonyl (C=O) groups excluding carboxylic acids is 2. The van der Waals surface area contributed by atoms with Gasteiger partial charge in [0, 0.05) is 24.2 Å². The predicted octanol–water partition coefficient (Wildman–Crippen LogP) is 3.09. The molecule has 0 bridgehead atoms. The highest BCUT2D eigenvalue weighted by Crippen LogP contribution is 2.20. The van der Waals surface area contributed by atoms with E-state index in [0.717, 1.165) is 19.5 Å². The monoisotopic (exact) mass is 382 g/mol. The molecule has 1 aliphatic rings. The highest BCUT2D eigenvalue weighted by atomic mass is 16.6. The topological polar surface area (TPSA) is 96.7 Å². The Kier molecular flexibility index (Phi) is 6.16. The van der Waals surface area contributed by atoms with Gasteiger partial charge in [0.1, 0.15) is 5.75 Å². The number of hydrogen-bond acceptors (Lipinski definition) is 5. The third-order valence-electron chi connectivity index (χ3n) is 4.73. The van der Waals surface area contributed by atoms with Crippen LogP contribution in [0.4, 0.5) is 16.2 Å². The van der Waals surface area contributed by atoms with Crippen molar-refractivity contribution in [1.29, 1.82) is 0 Å². The average molecular weight is 382 g/mol. The first-order chi connectivity index (χ1) is 13.5. The number of nitrogens with one attached hydrogen (secondary N) is 2. The fourth-order valence-electron chi connectivity index (χ4n) is 3.29. The number of para-hydroxylation sites is 2. The lowest BCUT2D eigenvalue weighted by Gasteiger charge is -2.31. The second-order valence-electron chi connectivity index (χ2n) is 7.08. The van der Waals surface area contributed by atoms with E-state index >= 15 is 0 Å². The summed E-state index contributed by atoms with van der Waals surface area (Å²) in [6, 6.07) is 13.7. The first-order valence-corrected chi connectivity index (χ1v) is 9.42. The van der Waals surface area contributed by atoms with E-state index in [2.05, 4.69) is 10.6 Å². The first kappa shape index (κ1) is 19.7. The number of carbonyl (C=O) groups is 2. The molecule has 1 unspecified atom stereocenters. The molecular weight excluding hydrogens is 356 g/mol. The molecule has 1 saturated heterocycles. The maximum atomic E-state index is 12.6. The van der Waals surface area contributed by atoms with E-state index in [9.17, 15) is 9.59 Å². The van der Waals surface area contributed by atoms with Crippen LogP contribution in [0.5, 0.6) is 5.75 Å². The molecule has 2 aromatic rings. The molecule has 148 valence electrons. The summed E-state index contributed by atoms with van der Waals surface area (Å²) in [5.74, 6) is 0.119. The van der Waals surface area contributed by atoms with Crippen LogP contribution < -0.4 is 21.1 Å². The Balaban J connectivity index is 1.64. The highest BCUT2D eigenvalue weighted by molar-refractivity contribution is 6.05. The van der Waals surface area contributed by atoms with Crippen LogP contribution >= 0.6 is 0 Å². The van der Waals surface area contributed by atoms with Crippen LogP contribution in [0.3, 0.4) is 0 Å². The second kappa shape index (κ2) is 8.75. The van der Waals surface area contributed by atoms with Crippen molar-refractivity contribution in [3.8, 4) is 5.75 Å². The van der Waals surface area contributed by atoms with Gasteiger partial charge in [-0.05, 0) is 63.2 Å². The van der Waals surface area contributed by atoms with Crippen molar-refractivity contribution in [2.24, 2.45) is 0 Å². The summed E-state index contributed by atoms with van der Waals surface area (Å²) in [4.78, 5) is 26.8. The molecule has 4 N–H and O–H groups in total. The zero-order valence-corrected chi connectivity index (χ0v) is 16.1. The molecule has 7 heteroatoms. The minimum absolute atomic E-state index is 0.0405.